The van der Waals surface area contributed by atoms with Gasteiger partial charge in [-0.25, -0.2) is 13.2 Å². The number of piperidine rings is 1. The van der Waals surface area contributed by atoms with Gasteiger partial charge in [-0.1, -0.05) is 0 Å². The first-order valence-corrected chi connectivity index (χ1v) is 5.71. The molecule has 0 aliphatic carbocycles. The smallest absolute Gasteiger partial charge is 0.166 e. The second kappa shape index (κ2) is 5.06. The Morgan fingerprint density at radius 2 is 1.71 bits per heavy atom. The molecule has 94 valence electrons. The topological polar surface area (TPSA) is 38.0 Å². The first-order valence-electron chi connectivity index (χ1n) is 5.71. The quantitative estimate of drug-likeness (QED) is 0.782. The zero-order valence-corrected chi connectivity index (χ0v) is 9.35. The van der Waals surface area contributed by atoms with Gasteiger partial charge in [-0.3, -0.25) is 0 Å². The third-order valence-electron chi connectivity index (χ3n) is 3.30. The van der Waals surface area contributed by atoms with E-state index in [1.807, 2.05) is 0 Å². The minimum absolute atomic E-state index is 0.0120. The zero-order chi connectivity index (χ0) is 12.4. The molecule has 1 aliphatic rings. The highest BCUT2D eigenvalue weighted by Crippen LogP contribution is 2.30. The number of benzene rings is 1. The van der Waals surface area contributed by atoms with Crippen LogP contribution in [0.2, 0.25) is 0 Å². The van der Waals surface area contributed by atoms with Crippen molar-refractivity contribution >= 4 is 0 Å². The number of rotatable bonds is 2. The lowest BCUT2D eigenvalue weighted by Gasteiger charge is -2.28. The molecule has 5 heteroatoms. The summed E-state index contributed by atoms with van der Waals surface area (Å²) in [4.78, 5) is 0. The van der Waals surface area contributed by atoms with Gasteiger partial charge in [-0.15, -0.1) is 0 Å². The summed E-state index contributed by atoms with van der Waals surface area (Å²) >= 11 is 0. The summed E-state index contributed by atoms with van der Waals surface area (Å²) in [5, 5.41) is 3.14. The standard InChI is InChI=1S/C12H15F3N2/c13-8-1-2-9(14)11(15)10(8)12(16)7-3-5-17-6-4-7/h1-2,7,12,17H,3-6,16H2/t12-/m1/s1. The molecule has 1 aromatic carbocycles. The summed E-state index contributed by atoms with van der Waals surface area (Å²) in [6.07, 6.45) is 1.49. The summed E-state index contributed by atoms with van der Waals surface area (Å²) in [7, 11) is 0. The first kappa shape index (κ1) is 12.4. The highest BCUT2D eigenvalue weighted by atomic mass is 19.2. The largest absolute Gasteiger partial charge is 0.324 e. The maximum Gasteiger partial charge on any atom is 0.166 e. The van der Waals surface area contributed by atoms with Gasteiger partial charge in [0.2, 0.25) is 0 Å². The van der Waals surface area contributed by atoms with Crippen molar-refractivity contribution in [2.75, 3.05) is 13.1 Å². The van der Waals surface area contributed by atoms with E-state index in [0.717, 1.165) is 38.1 Å². The monoisotopic (exact) mass is 244 g/mol. The Morgan fingerprint density at radius 3 is 2.35 bits per heavy atom. The van der Waals surface area contributed by atoms with Gasteiger partial charge >= 0.3 is 0 Å². The van der Waals surface area contributed by atoms with E-state index in [4.69, 9.17) is 5.73 Å². The fourth-order valence-corrected chi connectivity index (χ4v) is 2.29. The van der Waals surface area contributed by atoms with E-state index in [0.29, 0.717) is 0 Å². The second-order valence-electron chi connectivity index (χ2n) is 4.37. The Kier molecular flexibility index (Phi) is 3.69. The normalized spacial score (nSPS) is 19.3. The molecule has 17 heavy (non-hydrogen) atoms. The highest BCUT2D eigenvalue weighted by Gasteiger charge is 2.27. The van der Waals surface area contributed by atoms with Gasteiger partial charge in [0.1, 0.15) is 5.82 Å². The van der Waals surface area contributed by atoms with E-state index in [9.17, 15) is 13.2 Å². The predicted octanol–water partition coefficient (Wildman–Crippen LogP) is 2.10. The summed E-state index contributed by atoms with van der Waals surface area (Å²) in [6, 6.07) is 0.922. The van der Waals surface area contributed by atoms with Crippen LogP contribution in [0.15, 0.2) is 12.1 Å². The SMILES string of the molecule is N[C@@H](c1c(F)ccc(F)c1F)C1CCNCC1. The maximum absolute atomic E-state index is 13.6. The first-order chi connectivity index (χ1) is 8.11. The predicted molar refractivity (Wildman–Crippen MR) is 58.8 cm³/mol. The van der Waals surface area contributed by atoms with Crippen molar-refractivity contribution in [1.82, 2.24) is 5.32 Å². The molecule has 0 saturated carbocycles. The van der Waals surface area contributed by atoms with E-state index in [-0.39, 0.29) is 11.5 Å². The summed E-state index contributed by atoms with van der Waals surface area (Å²) < 4.78 is 40.2. The average Bonchev–Trinajstić information content (AvgIpc) is 2.35. The minimum Gasteiger partial charge on any atom is -0.324 e. The second-order valence-corrected chi connectivity index (χ2v) is 4.37. The Labute approximate surface area is 98.0 Å². The third-order valence-corrected chi connectivity index (χ3v) is 3.30. The van der Waals surface area contributed by atoms with E-state index in [1.54, 1.807) is 0 Å². The van der Waals surface area contributed by atoms with Crippen LogP contribution in [0.1, 0.15) is 24.4 Å². The van der Waals surface area contributed by atoms with Crippen LogP contribution in [-0.2, 0) is 0 Å². The maximum atomic E-state index is 13.6. The molecule has 2 nitrogen and oxygen atoms in total. The molecule has 1 saturated heterocycles. The number of hydrogen-bond donors (Lipinski definition) is 2. The van der Waals surface area contributed by atoms with E-state index < -0.39 is 23.5 Å². The summed E-state index contributed by atoms with van der Waals surface area (Å²) in [6.45, 7) is 1.55. The van der Waals surface area contributed by atoms with Crippen LogP contribution in [-0.4, -0.2) is 13.1 Å². The van der Waals surface area contributed by atoms with Crippen LogP contribution in [0.25, 0.3) is 0 Å². The third kappa shape index (κ3) is 2.45. The van der Waals surface area contributed by atoms with Gasteiger partial charge in [0.25, 0.3) is 0 Å². The van der Waals surface area contributed by atoms with E-state index >= 15 is 0 Å². The molecular formula is C12H15F3N2. The lowest BCUT2D eigenvalue weighted by Crippen LogP contribution is -2.34. The van der Waals surface area contributed by atoms with Crippen molar-refractivity contribution < 1.29 is 13.2 Å². The van der Waals surface area contributed by atoms with Gasteiger partial charge in [0.15, 0.2) is 11.6 Å². The molecule has 1 heterocycles. The van der Waals surface area contributed by atoms with Crippen LogP contribution in [0.5, 0.6) is 0 Å². The lowest BCUT2D eigenvalue weighted by atomic mass is 9.86. The van der Waals surface area contributed by atoms with Crippen molar-refractivity contribution in [3.8, 4) is 0 Å². The van der Waals surface area contributed by atoms with Gasteiger partial charge in [0.05, 0.1) is 0 Å². The van der Waals surface area contributed by atoms with Crippen molar-refractivity contribution in [3.05, 3.63) is 35.1 Å². The van der Waals surface area contributed by atoms with Crippen molar-refractivity contribution in [2.24, 2.45) is 11.7 Å². The fraction of sp³-hybridized carbons (Fsp3) is 0.500. The van der Waals surface area contributed by atoms with Gasteiger partial charge in [-0.2, -0.15) is 0 Å². The number of nitrogens with one attached hydrogen (secondary N) is 1. The van der Waals surface area contributed by atoms with Gasteiger partial charge < -0.3 is 11.1 Å². The Hall–Kier alpha value is -1.07. The molecule has 1 fully saturated rings. The highest BCUT2D eigenvalue weighted by molar-refractivity contribution is 5.25. The average molecular weight is 244 g/mol. The minimum atomic E-state index is -1.16. The number of hydrogen-bond acceptors (Lipinski definition) is 2. The molecule has 0 spiro atoms. The molecule has 0 unspecified atom stereocenters. The molecule has 2 rings (SSSR count). The Morgan fingerprint density at radius 1 is 1.12 bits per heavy atom. The van der Waals surface area contributed by atoms with E-state index in [2.05, 4.69) is 5.32 Å². The number of nitrogens with two attached hydrogens (primary N) is 1. The molecule has 1 atom stereocenters. The van der Waals surface area contributed by atoms with Crippen LogP contribution in [0, 0.1) is 23.4 Å². The van der Waals surface area contributed by atoms with E-state index in [1.165, 1.54) is 0 Å². The van der Waals surface area contributed by atoms with Crippen LogP contribution < -0.4 is 11.1 Å². The molecule has 0 radical (unpaired) electrons. The lowest BCUT2D eigenvalue weighted by molar-refractivity contribution is 0.308. The van der Waals surface area contributed by atoms with Crippen LogP contribution in [0.4, 0.5) is 13.2 Å². The summed E-state index contributed by atoms with van der Waals surface area (Å²) in [5.41, 5.74) is 5.54. The molecule has 3 N–H and O–H groups in total. The Balaban J connectivity index is 2.29. The molecule has 1 aliphatic heterocycles. The fourth-order valence-electron chi connectivity index (χ4n) is 2.29. The van der Waals surface area contributed by atoms with Crippen molar-refractivity contribution in [2.45, 2.75) is 18.9 Å². The summed E-state index contributed by atoms with van der Waals surface area (Å²) in [5.74, 6) is -2.99. The Bertz CT molecular complexity index is 403. The molecular weight excluding hydrogens is 229 g/mol. The molecule has 0 amide bonds. The molecule has 1 aromatic rings. The van der Waals surface area contributed by atoms with Gasteiger partial charge in [0, 0.05) is 11.6 Å². The zero-order valence-electron chi connectivity index (χ0n) is 9.35. The van der Waals surface area contributed by atoms with Crippen molar-refractivity contribution in [3.63, 3.8) is 0 Å². The van der Waals surface area contributed by atoms with Crippen LogP contribution >= 0.6 is 0 Å². The van der Waals surface area contributed by atoms with Gasteiger partial charge in [-0.05, 0) is 44.0 Å². The number of halogens is 3. The molecule has 0 aromatic heterocycles. The molecule has 0 bridgehead atoms. The van der Waals surface area contributed by atoms with Crippen LogP contribution in [0.3, 0.4) is 0 Å². The van der Waals surface area contributed by atoms with Crippen molar-refractivity contribution in [1.29, 1.82) is 0 Å².